The van der Waals surface area contributed by atoms with Crippen LogP contribution in [0, 0.1) is 24.7 Å². The molecule has 6 nitrogen and oxygen atoms in total. The van der Waals surface area contributed by atoms with E-state index in [9.17, 15) is 19.5 Å². The van der Waals surface area contributed by atoms with Crippen LogP contribution in [-0.4, -0.2) is 28.4 Å². The minimum Gasteiger partial charge on any atom is -0.480 e. The van der Waals surface area contributed by atoms with Crippen LogP contribution in [-0.2, 0) is 14.4 Å². The minimum absolute atomic E-state index is 0.0212. The number of hydrogen-bond donors (Lipinski definition) is 2. The third-order valence-electron chi connectivity index (χ3n) is 6.35. The van der Waals surface area contributed by atoms with Gasteiger partial charge in [0, 0.05) is 11.1 Å². The number of imide groups is 1. The van der Waals surface area contributed by atoms with Crippen molar-refractivity contribution in [1.82, 2.24) is 5.32 Å². The molecule has 2 aliphatic heterocycles. The molecule has 4 atom stereocenters. The number of halogens is 2. The summed E-state index contributed by atoms with van der Waals surface area (Å²) < 4.78 is 0. The van der Waals surface area contributed by atoms with E-state index in [0.717, 1.165) is 16.0 Å². The number of aryl methyl sites for hydroxylation is 1. The van der Waals surface area contributed by atoms with E-state index in [4.69, 9.17) is 23.2 Å². The third kappa shape index (κ3) is 3.51. The highest BCUT2D eigenvalue weighted by Gasteiger charge is 2.68. The summed E-state index contributed by atoms with van der Waals surface area (Å²) in [6.07, 6.45) is 0.201. The van der Waals surface area contributed by atoms with Crippen LogP contribution in [0.3, 0.4) is 0 Å². The van der Waals surface area contributed by atoms with Gasteiger partial charge in [-0.05, 0) is 43.0 Å². The molecule has 168 valence electrons. The zero-order chi connectivity index (χ0) is 23.4. The van der Waals surface area contributed by atoms with Gasteiger partial charge in [-0.2, -0.15) is 0 Å². The molecule has 4 rings (SSSR count). The van der Waals surface area contributed by atoms with Crippen molar-refractivity contribution in [3.63, 3.8) is 0 Å². The zero-order valence-electron chi connectivity index (χ0n) is 17.9. The number of benzene rings is 2. The van der Waals surface area contributed by atoms with E-state index in [1.54, 1.807) is 6.07 Å². The Balaban J connectivity index is 1.88. The lowest BCUT2D eigenvalue weighted by Gasteiger charge is -2.32. The summed E-state index contributed by atoms with van der Waals surface area (Å²) in [5, 5.41) is 14.1. The summed E-state index contributed by atoms with van der Waals surface area (Å²) in [5.74, 6) is -4.11. The second-order valence-electron chi connectivity index (χ2n) is 9.02. The predicted octanol–water partition coefficient (Wildman–Crippen LogP) is 4.62. The van der Waals surface area contributed by atoms with Crippen molar-refractivity contribution in [3.8, 4) is 0 Å². The molecule has 0 saturated carbocycles. The minimum atomic E-state index is -1.57. The van der Waals surface area contributed by atoms with Crippen LogP contribution in [0.15, 0.2) is 42.5 Å². The van der Waals surface area contributed by atoms with Gasteiger partial charge >= 0.3 is 5.97 Å². The number of hydrogen-bond acceptors (Lipinski definition) is 4. The molecular formula is C24H24Cl2N2O4. The maximum atomic E-state index is 13.7. The Kier molecular flexibility index (Phi) is 5.82. The lowest BCUT2D eigenvalue weighted by Crippen LogP contribution is -2.56. The van der Waals surface area contributed by atoms with Gasteiger partial charge in [0.05, 0.1) is 22.5 Å². The summed E-state index contributed by atoms with van der Waals surface area (Å²) >= 11 is 12.3. The van der Waals surface area contributed by atoms with Crippen molar-refractivity contribution in [1.29, 1.82) is 0 Å². The maximum Gasteiger partial charge on any atom is 0.324 e. The molecular weight excluding hydrogens is 451 g/mol. The fourth-order valence-electron chi connectivity index (χ4n) is 5.08. The highest BCUT2D eigenvalue weighted by molar-refractivity contribution is 6.38. The number of carboxylic acid groups (broad SMARTS) is 1. The Morgan fingerprint density at radius 1 is 1.12 bits per heavy atom. The summed E-state index contributed by atoms with van der Waals surface area (Å²) in [4.78, 5) is 41.0. The summed E-state index contributed by atoms with van der Waals surface area (Å²) in [5.41, 5.74) is 0.447. The van der Waals surface area contributed by atoms with Crippen LogP contribution in [0.5, 0.6) is 0 Å². The molecule has 2 saturated heterocycles. The van der Waals surface area contributed by atoms with Crippen LogP contribution >= 0.6 is 23.2 Å². The number of nitrogens with zero attached hydrogens (tertiary/aromatic N) is 1. The van der Waals surface area contributed by atoms with Crippen molar-refractivity contribution >= 4 is 46.7 Å². The number of amides is 2. The van der Waals surface area contributed by atoms with Crippen LogP contribution in [0.4, 0.5) is 5.69 Å². The average Bonchev–Trinajstić information content (AvgIpc) is 3.18. The van der Waals surface area contributed by atoms with Gasteiger partial charge in [0.1, 0.15) is 5.54 Å². The number of fused-ring (bicyclic) bond motifs is 1. The Bertz CT molecular complexity index is 1100. The Morgan fingerprint density at radius 3 is 2.34 bits per heavy atom. The van der Waals surface area contributed by atoms with Crippen molar-refractivity contribution in [2.45, 2.75) is 38.8 Å². The summed E-state index contributed by atoms with van der Waals surface area (Å²) in [6, 6.07) is 11.4. The van der Waals surface area contributed by atoms with Gasteiger partial charge in [-0.15, -0.1) is 0 Å². The van der Waals surface area contributed by atoms with Gasteiger partial charge in [0.25, 0.3) is 0 Å². The number of carboxylic acids is 1. The Morgan fingerprint density at radius 2 is 1.78 bits per heavy atom. The normalized spacial score (nSPS) is 27.3. The molecule has 2 aromatic rings. The van der Waals surface area contributed by atoms with Gasteiger partial charge in [-0.25, -0.2) is 4.90 Å². The van der Waals surface area contributed by atoms with Crippen LogP contribution in [0.1, 0.15) is 37.4 Å². The van der Waals surface area contributed by atoms with E-state index < -0.39 is 41.2 Å². The maximum absolute atomic E-state index is 13.7. The van der Waals surface area contributed by atoms with Crippen molar-refractivity contribution in [2.24, 2.45) is 17.8 Å². The molecule has 2 heterocycles. The molecule has 2 N–H and O–H groups in total. The number of carbonyl (C=O) groups is 3. The van der Waals surface area contributed by atoms with Crippen LogP contribution < -0.4 is 10.2 Å². The molecule has 8 heteroatoms. The molecule has 0 bridgehead atoms. The van der Waals surface area contributed by atoms with Crippen molar-refractivity contribution in [3.05, 3.63) is 63.6 Å². The Hall–Kier alpha value is -2.41. The largest absolute Gasteiger partial charge is 0.480 e. The summed E-state index contributed by atoms with van der Waals surface area (Å²) in [7, 11) is 0. The first-order valence-electron chi connectivity index (χ1n) is 10.5. The third-order valence-corrected chi connectivity index (χ3v) is 6.89. The SMILES string of the molecule is Cc1ccc([C@@H]2N[C@](CC(C)C)(C(=O)O)[C@H]3C(=O)N(c4ccc(Cl)cc4Cl)C(=O)[C@H]23)cc1. The number of nitrogens with one attached hydrogen (secondary N) is 1. The smallest absolute Gasteiger partial charge is 0.324 e. The zero-order valence-corrected chi connectivity index (χ0v) is 19.4. The van der Waals surface area contributed by atoms with E-state index in [2.05, 4.69) is 5.32 Å². The van der Waals surface area contributed by atoms with Crippen molar-refractivity contribution < 1.29 is 19.5 Å². The van der Waals surface area contributed by atoms with Crippen molar-refractivity contribution in [2.75, 3.05) is 4.90 Å². The van der Waals surface area contributed by atoms with Gasteiger partial charge in [0.2, 0.25) is 11.8 Å². The standard InChI is InChI=1S/C24H24Cl2N2O4/c1-12(2)11-24(23(31)32)19-18(20(27-24)14-6-4-13(3)5-7-14)21(29)28(22(19)30)17-9-8-15(25)10-16(17)26/h4-10,12,18-20,27H,11H2,1-3H3,(H,31,32)/t18-,19+,20-,24-/m0/s1. The molecule has 2 aliphatic rings. The second kappa shape index (κ2) is 8.18. The highest BCUT2D eigenvalue weighted by Crippen LogP contribution is 2.52. The van der Waals surface area contributed by atoms with E-state index in [-0.39, 0.29) is 23.0 Å². The van der Waals surface area contributed by atoms with E-state index >= 15 is 0 Å². The number of anilines is 1. The quantitative estimate of drug-likeness (QED) is 0.617. The predicted molar refractivity (Wildman–Crippen MR) is 123 cm³/mol. The summed E-state index contributed by atoms with van der Waals surface area (Å²) in [6.45, 7) is 5.74. The first-order valence-corrected chi connectivity index (χ1v) is 11.2. The monoisotopic (exact) mass is 474 g/mol. The molecule has 0 aromatic heterocycles. The second-order valence-corrected chi connectivity index (χ2v) is 9.86. The lowest BCUT2D eigenvalue weighted by molar-refractivity contribution is -0.149. The van der Waals surface area contributed by atoms with E-state index in [1.165, 1.54) is 12.1 Å². The Labute approximate surface area is 196 Å². The topological polar surface area (TPSA) is 86.7 Å². The van der Waals surface area contributed by atoms with Crippen LogP contribution in [0.2, 0.25) is 10.0 Å². The molecule has 0 unspecified atom stereocenters. The average molecular weight is 475 g/mol. The van der Waals surface area contributed by atoms with Gasteiger partial charge in [0.15, 0.2) is 0 Å². The fraction of sp³-hybridized carbons (Fsp3) is 0.375. The first kappa shape index (κ1) is 22.8. The molecule has 2 aromatic carbocycles. The molecule has 0 aliphatic carbocycles. The first-order chi connectivity index (χ1) is 15.1. The molecule has 32 heavy (non-hydrogen) atoms. The number of rotatable bonds is 5. The highest BCUT2D eigenvalue weighted by atomic mass is 35.5. The van der Waals surface area contributed by atoms with Gasteiger partial charge in [-0.3, -0.25) is 19.7 Å². The molecule has 2 fully saturated rings. The van der Waals surface area contributed by atoms with Gasteiger partial charge in [-0.1, -0.05) is 66.9 Å². The van der Waals surface area contributed by atoms with Gasteiger partial charge < -0.3 is 5.11 Å². The lowest BCUT2D eigenvalue weighted by atomic mass is 9.75. The number of aliphatic carboxylic acids is 1. The fourth-order valence-corrected chi connectivity index (χ4v) is 5.57. The molecule has 2 amide bonds. The number of carbonyl (C=O) groups excluding carboxylic acids is 2. The van der Waals surface area contributed by atoms with E-state index in [0.29, 0.717) is 5.02 Å². The molecule has 0 spiro atoms. The van der Waals surface area contributed by atoms with E-state index in [1.807, 2.05) is 45.0 Å². The van der Waals surface area contributed by atoms with Crippen LogP contribution in [0.25, 0.3) is 0 Å². The molecule has 0 radical (unpaired) electrons.